The Morgan fingerprint density at radius 3 is 3.00 bits per heavy atom. The third-order valence-corrected chi connectivity index (χ3v) is 2.39. The van der Waals surface area contributed by atoms with Crippen LogP contribution in [0.15, 0.2) is 24.5 Å². The summed E-state index contributed by atoms with van der Waals surface area (Å²) in [6.45, 7) is 1.96. The first-order valence-corrected chi connectivity index (χ1v) is 5.22. The maximum atomic E-state index is 5.80. The predicted molar refractivity (Wildman–Crippen MR) is 64.3 cm³/mol. The fourth-order valence-electron chi connectivity index (χ4n) is 1.35. The van der Waals surface area contributed by atoms with Crippen molar-refractivity contribution in [3.05, 3.63) is 35.5 Å². The van der Waals surface area contributed by atoms with Gasteiger partial charge in [-0.05, 0) is 19.1 Å². The van der Waals surface area contributed by atoms with Gasteiger partial charge in [0.05, 0.1) is 11.7 Å². The molecule has 0 aliphatic heterocycles. The van der Waals surface area contributed by atoms with Gasteiger partial charge in [-0.15, -0.1) is 0 Å². The molecule has 0 amide bonds. The van der Waals surface area contributed by atoms with Crippen molar-refractivity contribution in [2.45, 2.75) is 13.0 Å². The van der Waals surface area contributed by atoms with Crippen molar-refractivity contribution in [2.24, 2.45) is 0 Å². The Bertz CT molecular complexity index is 468. The Balaban J connectivity index is 2.17. The number of hydrogen-bond donors (Lipinski definition) is 3. The van der Waals surface area contributed by atoms with E-state index in [0.717, 1.165) is 5.82 Å². The highest BCUT2D eigenvalue weighted by Crippen LogP contribution is 2.22. The van der Waals surface area contributed by atoms with Crippen molar-refractivity contribution in [1.29, 1.82) is 0 Å². The largest absolute Gasteiger partial charge is 0.396 e. The van der Waals surface area contributed by atoms with Crippen LogP contribution in [0.3, 0.4) is 0 Å². The van der Waals surface area contributed by atoms with E-state index in [4.69, 9.17) is 17.3 Å². The first-order valence-electron chi connectivity index (χ1n) is 4.84. The number of nitrogens with two attached hydrogens (primary N) is 1. The van der Waals surface area contributed by atoms with Crippen LogP contribution in [0.4, 0.5) is 11.5 Å². The lowest BCUT2D eigenvalue weighted by atomic mass is 10.3. The number of aromatic nitrogens is 3. The van der Waals surface area contributed by atoms with E-state index >= 15 is 0 Å². The highest BCUT2D eigenvalue weighted by atomic mass is 35.5. The van der Waals surface area contributed by atoms with Crippen LogP contribution in [0.5, 0.6) is 0 Å². The van der Waals surface area contributed by atoms with Crippen LogP contribution < -0.4 is 11.1 Å². The third kappa shape index (κ3) is 2.25. The van der Waals surface area contributed by atoms with E-state index in [9.17, 15) is 0 Å². The van der Waals surface area contributed by atoms with Gasteiger partial charge in [-0.1, -0.05) is 11.6 Å². The van der Waals surface area contributed by atoms with Gasteiger partial charge in [0.1, 0.15) is 11.0 Å². The standard InChI is InChI=1S/C10H12ClN5/c1-6(9-13-4-5-14-9)15-10-7(12)2-3-8(11)16-10/h2-6H,12H2,1H3,(H,13,14)(H,15,16). The third-order valence-electron chi connectivity index (χ3n) is 2.18. The topological polar surface area (TPSA) is 79.6 Å². The fraction of sp³-hybridized carbons (Fsp3) is 0.200. The molecule has 2 aromatic heterocycles. The van der Waals surface area contributed by atoms with Gasteiger partial charge in [0, 0.05) is 12.4 Å². The molecule has 0 saturated heterocycles. The van der Waals surface area contributed by atoms with Crippen molar-refractivity contribution in [3.63, 3.8) is 0 Å². The summed E-state index contributed by atoms with van der Waals surface area (Å²) in [7, 11) is 0. The first-order chi connectivity index (χ1) is 7.66. The summed E-state index contributed by atoms with van der Waals surface area (Å²) in [6.07, 6.45) is 3.46. The van der Waals surface area contributed by atoms with Gasteiger partial charge in [-0.3, -0.25) is 0 Å². The summed E-state index contributed by atoms with van der Waals surface area (Å²) in [6, 6.07) is 3.36. The quantitative estimate of drug-likeness (QED) is 0.715. The van der Waals surface area contributed by atoms with Crippen LogP contribution in [0.1, 0.15) is 18.8 Å². The molecule has 0 radical (unpaired) electrons. The molecule has 2 aromatic rings. The van der Waals surface area contributed by atoms with Crippen LogP contribution >= 0.6 is 11.6 Å². The molecule has 0 aliphatic carbocycles. The summed E-state index contributed by atoms with van der Waals surface area (Å²) >= 11 is 5.80. The zero-order chi connectivity index (χ0) is 11.5. The smallest absolute Gasteiger partial charge is 0.151 e. The van der Waals surface area contributed by atoms with Crippen LogP contribution in [-0.2, 0) is 0 Å². The molecule has 6 heteroatoms. The van der Waals surface area contributed by atoms with E-state index in [1.165, 1.54) is 0 Å². The molecule has 0 bridgehead atoms. The van der Waals surface area contributed by atoms with E-state index in [1.807, 2.05) is 6.92 Å². The van der Waals surface area contributed by atoms with Crippen LogP contribution in [0, 0.1) is 0 Å². The van der Waals surface area contributed by atoms with Gasteiger partial charge < -0.3 is 16.0 Å². The average Bonchev–Trinajstić information content (AvgIpc) is 2.76. The molecule has 16 heavy (non-hydrogen) atoms. The van der Waals surface area contributed by atoms with Crippen molar-refractivity contribution in [2.75, 3.05) is 11.1 Å². The minimum absolute atomic E-state index is 0.0109. The molecule has 0 spiro atoms. The lowest BCUT2D eigenvalue weighted by Gasteiger charge is -2.13. The first kappa shape index (κ1) is 10.8. The Morgan fingerprint density at radius 2 is 2.31 bits per heavy atom. The second kappa shape index (κ2) is 4.40. The lowest BCUT2D eigenvalue weighted by Crippen LogP contribution is -2.11. The second-order valence-corrected chi connectivity index (χ2v) is 3.80. The Labute approximate surface area is 98.1 Å². The maximum Gasteiger partial charge on any atom is 0.151 e. The minimum Gasteiger partial charge on any atom is -0.396 e. The van der Waals surface area contributed by atoms with Crippen LogP contribution in [0.2, 0.25) is 5.15 Å². The molecule has 84 valence electrons. The van der Waals surface area contributed by atoms with E-state index in [-0.39, 0.29) is 6.04 Å². The number of anilines is 2. The predicted octanol–water partition coefficient (Wildman–Crippen LogP) is 2.21. The molecule has 2 heterocycles. The fourth-order valence-corrected chi connectivity index (χ4v) is 1.50. The molecule has 0 saturated carbocycles. The number of nitrogen functional groups attached to an aromatic ring is 1. The SMILES string of the molecule is CC(Nc1nc(Cl)ccc1N)c1ncc[nH]1. The van der Waals surface area contributed by atoms with E-state index in [1.54, 1.807) is 24.5 Å². The summed E-state index contributed by atoms with van der Waals surface area (Å²) in [5.41, 5.74) is 6.34. The number of H-pyrrole nitrogens is 1. The molecule has 0 aromatic carbocycles. The Morgan fingerprint density at radius 1 is 1.50 bits per heavy atom. The summed E-state index contributed by atoms with van der Waals surface area (Å²) in [4.78, 5) is 11.3. The molecule has 1 unspecified atom stereocenters. The number of pyridine rings is 1. The van der Waals surface area contributed by atoms with Gasteiger partial charge in [0.2, 0.25) is 0 Å². The van der Waals surface area contributed by atoms with Gasteiger partial charge in [-0.25, -0.2) is 9.97 Å². The number of nitrogens with zero attached hydrogens (tertiary/aromatic N) is 2. The minimum atomic E-state index is -0.0109. The van der Waals surface area contributed by atoms with Crippen molar-refractivity contribution >= 4 is 23.1 Å². The number of nitrogens with one attached hydrogen (secondary N) is 2. The highest BCUT2D eigenvalue weighted by Gasteiger charge is 2.10. The number of hydrogen-bond acceptors (Lipinski definition) is 4. The molecule has 4 N–H and O–H groups in total. The number of rotatable bonds is 3. The van der Waals surface area contributed by atoms with E-state index in [2.05, 4.69) is 20.3 Å². The highest BCUT2D eigenvalue weighted by molar-refractivity contribution is 6.29. The molecular weight excluding hydrogens is 226 g/mol. The van der Waals surface area contributed by atoms with Crippen molar-refractivity contribution in [1.82, 2.24) is 15.0 Å². The molecule has 1 atom stereocenters. The van der Waals surface area contributed by atoms with Crippen LogP contribution in [0.25, 0.3) is 0 Å². The van der Waals surface area contributed by atoms with E-state index < -0.39 is 0 Å². The normalized spacial score (nSPS) is 12.4. The van der Waals surface area contributed by atoms with Gasteiger partial charge in [0.15, 0.2) is 5.82 Å². The number of halogens is 1. The van der Waals surface area contributed by atoms with Gasteiger partial charge in [0.25, 0.3) is 0 Å². The maximum absolute atomic E-state index is 5.80. The molecule has 2 rings (SSSR count). The van der Waals surface area contributed by atoms with Crippen molar-refractivity contribution < 1.29 is 0 Å². The average molecular weight is 238 g/mol. The molecule has 0 fully saturated rings. The molecular formula is C10H12ClN5. The Kier molecular flexibility index (Phi) is 2.96. The zero-order valence-corrected chi connectivity index (χ0v) is 9.49. The Hall–Kier alpha value is -1.75. The zero-order valence-electron chi connectivity index (χ0n) is 8.74. The van der Waals surface area contributed by atoms with Gasteiger partial charge in [-0.2, -0.15) is 0 Å². The summed E-state index contributed by atoms with van der Waals surface area (Å²) < 4.78 is 0. The van der Waals surface area contributed by atoms with Gasteiger partial charge >= 0.3 is 0 Å². The second-order valence-electron chi connectivity index (χ2n) is 3.41. The molecule has 0 aliphatic rings. The van der Waals surface area contributed by atoms with Crippen molar-refractivity contribution in [3.8, 4) is 0 Å². The molecule has 5 nitrogen and oxygen atoms in total. The number of aromatic amines is 1. The monoisotopic (exact) mass is 237 g/mol. The summed E-state index contributed by atoms with van der Waals surface area (Å²) in [5, 5.41) is 3.54. The summed E-state index contributed by atoms with van der Waals surface area (Å²) in [5.74, 6) is 1.39. The lowest BCUT2D eigenvalue weighted by molar-refractivity contribution is 0.804. The number of imidazole rings is 1. The van der Waals surface area contributed by atoms with Crippen LogP contribution in [-0.4, -0.2) is 15.0 Å². The van der Waals surface area contributed by atoms with E-state index in [0.29, 0.717) is 16.7 Å².